The van der Waals surface area contributed by atoms with Gasteiger partial charge in [0, 0.05) is 6.54 Å². The van der Waals surface area contributed by atoms with Crippen molar-refractivity contribution >= 4 is 5.91 Å². The molecule has 26 heavy (non-hydrogen) atoms. The largest absolute Gasteiger partial charge is 0.497 e. The topological polar surface area (TPSA) is 56.8 Å². The molecule has 140 valence electrons. The molecule has 2 aromatic carbocycles. The Labute approximate surface area is 155 Å². The number of methoxy groups -OCH3 is 2. The maximum absolute atomic E-state index is 12.4. The highest BCUT2D eigenvalue weighted by Crippen LogP contribution is 2.24. The van der Waals surface area contributed by atoms with Crippen LogP contribution in [0.4, 0.5) is 0 Å². The summed E-state index contributed by atoms with van der Waals surface area (Å²) in [6.07, 6.45) is 0.713. The fraction of sp³-hybridized carbons (Fsp3) is 0.381. The predicted octanol–water partition coefficient (Wildman–Crippen LogP) is 3.83. The average molecular weight is 357 g/mol. The first-order valence-electron chi connectivity index (χ1n) is 8.67. The Bertz CT molecular complexity index is 771. The van der Waals surface area contributed by atoms with E-state index in [0.717, 1.165) is 11.3 Å². The van der Waals surface area contributed by atoms with Gasteiger partial charge in [0.25, 0.3) is 5.91 Å². The monoisotopic (exact) mass is 357 g/mol. The van der Waals surface area contributed by atoms with Crippen molar-refractivity contribution < 1.29 is 19.0 Å². The van der Waals surface area contributed by atoms with E-state index in [1.165, 1.54) is 11.1 Å². The Kier molecular flexibility index (Phi) is 6.89. The van der Waals surface area contributed by atoms with Gasteiger partial charge in [-0.2, -0.15) is 0 Å². The van der Waals surface area contributed by atoms with Crippen LogP contribution in [-0.4, -0.2) is 33.3 Å². The molecule has 1 amide bonds. The summed E-state index contributed by atoms with van der Waals surface area (Å²) in [7, 11) is 3.11. The summed E-state index contributed by atoms with van der Waals surface area (Å²) in [5, 5.41) is 2.89. The number of amides is 1. The van der Waals surface area contributed by atoms with E-state index in [-0.39, 0.29) is 5.91 Å². The number of carbonyl (C=O) groups is 1. The van der Waals surface area contributed by atoms with Crippen molar-refractivity contribution in [1.82, 2.24) is 5.32 Å². The summed E-state index contributed by atoms with van der Waals surface area (Å²) in [6, 6.07) is 9.34. The Morgan fingerprint density at radius 3 is 2.46 bits per heavy atom. The molecule has 0 heterocycles. The Morgan fingerprint density at radius 2 is 1.77 bits per heavy atom. The van der Waals surface area contributed by atoms with Gasteiger partial charge >= 0.3 is 0 Å². The number of aryl methyl sites for hydroxylation is 2. The maximum Gasteiger partial charge on any atom is 0.255 e. The van der Waals surface area contributed by atoms with Gasteiger partial charge in [-0.1, -0.05) is 6.07 Å². The van der Waals surface area contributed by atoms with Crippen LogP contribution in [-0.2, 0) is 0 Å². The summed E-state index contributed by atoms with van der Waals surface area (Å²) >= 11 is 0. The van der Waals surface area contributed by atoms with Gasteiger partial charge in [0.1, 0.15) is 17.2 Å². The second-order valence-corrected chi connectivity index (χ2v) is 6.23. The first-order chi connectivity index (χ1) is 12.5. The van der Waals surface area contributed by atoms with Crippen molar-refractivity contribution in [3.05, 3.63) is 52.6 Å². The zero-order chi connectivity index (χ0) is 19.1. The molecule has 0 saturated heterocycles. The van der Waals surface area contributed by atoms with Crippen molar-refractivity contribution in [2.75, 3.05) is 27.4 Å². The predicted molar refractivity (Wildman–Crippen MR) is 103 cm³/mol. The van der Waals surface area contributed by atoms with Gasteiger partial charge in [-0.25, -0.2) is 0 Å². The van der Waals surface area contributed by atoms with E-state index in [1.807, 2.05) is 6.07 Å². The van der Waals surface area contributed by atoms with E-state index >= 15 is 0 Å². The SMILES string of the molecule is COc1ccc(OC)c(C(=O)NCCCOc2cc(C)cc(C)c2C)c1. The number of hydrogen-bond donors (Lipinski definition) is 1. The molecular formula is C21H27NO4. The number of carbonyl (C=O) groups excluding carboxylic acids is 1. The van der Waals surface area contributed by atoms with E-state index in [4.69, 9.17) is 14.2 Å². The molecule has 0 aliphatic rings. The highest BCUT2D eigenvalue weighted by molar-refractivity contribution is 5.97. The molecular weight excluding hydrogens is 330 g/mol. The smallest absolute Gasteiger partial charge is 0.255 e. The minimum absolute atomic E-state index is 0.191. The van der Waals surface area contributed by atoms with E-state index in [2.05, 4.69) is 32.2 Å². The van der Waals surface area contributed by atoms with Crippen LogP contribution in [0.1, 0.15) is 33.5 Å². The number of rotatable bonds is 8. The second-order valence-electron chi connectivity index (χ2n) is 6.23. The van der Waals surface area contributed by atoms with Gasteiger partial charge in [-0.05, 0) is 68.1 Å². The first-order valence-corrected chi connectivity index (χ1v) is 8.67. The fourth-order valence-electron chi connectivity index (χ4n) is 2.69. The van der Waals surface area contributed by atoms with Crippen LogP contribution in [0, 0.1) is 20.8 Å². The molecule has 0 bridgehead atoms. The Balaban J connectivity index is 1.86. The summed E-state index contributed by atoms with van der Waals surface area (Å²) in [4.78, 5) is 12.4. The molecule has 0 fully saturated rings. The molecule has 0 atom stereocenters. The van der Waals surface area contributed by atoms with Gasteiger partial charge in [0.15, 0.2) is 0 Å². The molecule has 0 aromatic heterocycles. The first kappa shape index (κ1) is 19.6. The average Bonchev–Trinajstić information content (AvgIpc) is 2.64. The normalized spacial score (nSPS) is 10.3. The minimum atomic E-state index is -0.191. The molecule has 0 aliphatic heterocycles. The molecule has 1 N–H and O–H groups in total. The highest BCUT2D eigenvalue weighted by atomic mass is 16.5. The van der Waals surface area contributed by atoms with E-state index < -0.39 is 0 Å². The molecule has 5 nitrogen and oxygen atoms in total. The molecule has 0 saturated carbocycles. The quantitative estimate of drug-likeness (QED) is 0.730. The molecule has 5 heteroatoms. The number of hydrogen-bond acceptors (Lipinski definition) is 4. The third kappa shape index (κ3) is 4.91. The van der Waals surface area contributed by atoms with Gasteiger partial charge in [-0.3, -0.25) is 4.79 Å². The fourth-order valence-corrected chi connectivity index (χ4v) is 2.69. The molecule has 2 aromatic rings. The van der Waals surface area contributed by atoms with E-state index in [0.29, 0.717) is 36.6 Å². The van der Waals surface area contributed by atoms with Gasteiger partial charge in [-0.15, -0.1) is 0 Å². The summed E-state index contributed by atoms with van der Waals surface area (Å²) < 4.78 is 16.3. The van der Waals surface area contributed by atoms with Crippen molar-refractivity contribution in [3.63, 3.8) is 0 Å². The lowest BCUT2D eigenvalue weighted by Gasteiger charge is -2.13. The second kappa shape index (κ2) is 9.13. The summed E-state index contributed by atoms with van der Waals surface area (Å²) in [5.41, 5.74) is 4.01. The van der Waals surface area contributed by atoms with Crippen molar-refractivity contribution in [2.45, 2.75) is 27.2 Å². The van der Waals surface area contributed by atoms with Crippen LogP contribution in [0.2, 0.25) is 0 Å². The maximum atomic E-state index is 12.4. The molecule has 0 unspecified atom stereocenters. The number of nitrogens with one attached hydrogen (secondary N) is 1. The molecule has 0 radical (unpaired) electrons. The minimum Gasteiger partial charge on any atom is -0.497 e. The van der Waals surface area contributed by atoms with Crippen LogP contribution in [0.25, 0.3) is 0 Å². The third-order valence-corrected chi connectivity index (χ3v) is 4.28. The Morgan fingerprint density at radius 1 is 1.00 bits per heavy atom. The van der Waals surface area contributed by atoms with Crippen LogP contribution in [0.5, 0.6) is 17.2 Å². The van der Waals surface area contributed by atoms with Crippen LogP contribution in [0.15, 0.2) is 30.3 Å². The van der Waals surface area contributed by atoms with Gasteiger partial charge < -0.3 is 19.5 Å². The van der Waals surface area contributed by atoms with Crippen LogP contribution < -0.4 is 19.5 Å². The zero-order valence-electron chi connectivity index (χ0n) is 16.1. The third-order valence-electron chi connectivity index (χ3n) is 4.28. The lowest BCUT2D eigenvalue weighted by Crippen LogP contribution is -2.26. The highest BCUT2D eigenvalue weighted by Gasteiger charge is 2.13. The van der Waals surface area contributed by atoms with Crippen molar-refractivity contribution in [2.24, 2.45) is 0 Å². The molecule has 0 spiro atoms. The van der Waals surface area contributed by atoms with E-state index in [9.17, 15) is 4.79 Å². The lowest BCUT2D eigenvalue weighted by molar-refractivity contribution is 0.0948. The van der Waals surface area contributed by atoms with Crippen LogP contribution in [0.3, 0.4) is 0 Å². The van der Waals surface area contributed by atoms with E-state index in [1.54, 1.807) is 32.4 Å². The number of ether oxygens (including phenoxy) is 3. The lowest BCUT2D eigenvalue weighted by atomic mass is 10.1. The summed E-state index contributed by atoms with van der Waals surface area (Å²) in [5.74, 6) is 1.85. The van der Waals surface area contributed by atoms with Crippen molar-refractivity contribution in [3.8, 4) is 17.2 Å². The van der Waals surface area contributed by atoms with Crippen molar-refractivity contribution in [1.29, 1.82) is 0 Å². The van der Waals surface area contributed by atoms with Crippen LogP contribution >= 0.6 is 0 Å². The Hall–Kier alpha value is -2.69. The zero-order valence-corrected chi connectivity index (χ0v) is 16.1. The molecule has 2 rings (SSSR count). The standard InChI is InChI=1S/C21H27NO4/c1-14-11-15(2)16(3)20(12-14)26-10-6-9-22-21(23)18-13-17(24-4)7-8-19(18)25-5/h7-8,11-13H,6,9-10H2,1-5H3,(H,22,23). The van der Waals surface area contributed by atoms with Gasteiger partial charge in [0.2, 0.25) is 0 Å². The van der Waals surface area contributed by atoms with Gasteiger partial charge in [0.05, 0.1) is 26.4 Å². The summed E-state index contributed by atoms with van der Waals surface area (Å²) in [6.45, 7) is 7.25. The molecule has 0 aliphatic carbocycles. The number of benzene rings is 2.